The summed E-state index contributed by atoms with van der Waals surface area (Å²) < 4.78 is 13.5. The molecule has 2 rings (SSSR count). The Kier molecular flexibility index (Phi) is 3.52. The highest BCUT2D eigenvalue weighted by molar-refractivity contribution is 7.84. The van der Waals surface area contributed by atoms with Gasteiger partial charge in [0.2, 0.25) is 0 Å². The normalized spacial score (nSPS) is 18.9. The van der Waals surface area contributed by atoms with Gasteiger partial charge in [-0.05, 0) is 32.8 Å². The third-order valence-corrected chi connectivity index (χ3v) is 4.32. The van der Waals surface area contributed by atoms with Gasteiger partial charge in [0.05, 0.1) is 0 Å². The lowest BCUT2D eigenvalue weighted by Crippen LogP contribution is -2.19. The zero-order valence-corrected chi connectivity index (χ0v) is 11.5. The van der Waals surface area contributed by atoms with Crippen LogP contribution in [0.4, 0.5) is 0 Å². The molecule has 1 aromatic rings. The van der Waals surface area contributed by atoms with Crippen LogP contribution in [-0.4, -0.2) is 26.6 Å². The van der Waals surface area contributed by atoms with Crippen LogP contribution >= 0.6 is 0 Å². The van der Waals surface area contributed by atoms with Crippen molar-refractivity contribution >= 4 is 16.6 Å². The minimum atomic E-state index is -0.804. The predicted octanol–water partition coefficient (Wildman–Crippen LogP) is 2.26. The van der Waals surface area contributed by atoms with Crippen molar-refractivity contribution in [1.82, 2.24) is 4.57 Å². The van der Waals surface area contributed by atoms with Gasteiger partial charge < -0.3 is 4.57 Å². The summed E-state index contributed by atoms with van der Waals surface area (Å²) in [5.74, 6) is 0.911. The fourth-order valence-electron chi connectivity index (χ4n) is 2.78. The van der Waals surface area contributed by atoms with Crippen LogP contribution in [0.5, 0.6) is 0 Å². The van der Waals surface area contributed by atoms with E-state index in [4.69, 9.17) is 0 Å². The first-order valence-electron chi connectivity index (χ1n) is 6.04. The van der Waals surface area contributed by atoms with Crippen LogP contribution in [0, 0.1) is 6.92 Å². The topological polar surface area (TPSA) is 39.1 Å². The van der Waals surface area contributed by atoms with Crippen LogP contribution in [0.1, 0.15) is 47.6 Å². The molecule has 1 aliphatic carbocycles. The molecule has 1 aromatic heterocycles. The van der Waals surface area contributed by atoms with Crippen molar-refractivity contribution in [2.24, 2.45) is 0 Å². The average molecular weight is 253 g/mol. The van der Waals surface area contributed by atoms with Crippen LogP contribution in [-0.2, 0) is 17.2 Å². The zero-order valence-electron chi connectivity index (χ0n) is 10.7. The van der Waals surface area contributed by atoms with Gasteiger partial charge in [0.1, 0.15) is 0 Å². The van der Waals surface area contributed by atoms with Crippen molar-refractivity contribution in [3.05, 3.63) is 23.0 Å². The molecule has 0 bridgehead atoms. The second-order valence-corrected chi connectivity index (χ2v) is 6.36. The van der Waals surface area contributed by atoms with E-state index in [0.717, 1.165) is 29.8 Å². The Morgan fingerprint density at radius 1 is 1.47 bits per heavy atom. The van der Waals surface area contributed by atoms with Gasteiger partial charge in [-0.3, -0.25) is 9.00 Å². The molecule has 0 aromatic carbocycles. The summed E-state index contributed by atoms with van der Waals surface area (Å²) in [5, 5.41) is 0. The van der Waals surface area contributed by atoms with E-state index in [1.165, 1.54) is 0 Å². The summed E-state index contributed by atoms with van der Waals surface area (Å²) in [6.07, 6.45) is 4.31. The van der Waals surface area contributed by atoms with E-state index in [2.05, 4.69) is 11.5 Å². The highest BCUT2D eigenvalue weighted by Crippen LogP contribution is 2.28. The maximum Gasteiger partial charge on any atom is 0.164 e. The Bertz CT molecular complexity index is 476. The number of Topliss-reactive ketones (excluding diaryl/α,β-unsaturated/α-hetero) is 1. The van der Waals surface area contributed by atoms with Crippen LogP contribution in [0.25, 0.3) is 0 Å². The number of fused-ring (bicyclic) bond motifs is 1. The second-order valence-electron chi connectivity index (χ2n) is 4.88. The zero-order chi connectivity index (χ0) is 12.6. The standard InChI is InChI=1S/C13H19NO2S/c1-9-7-11-12(5-4-6-13(11)15)14(9)10(2)8-17(3)16/h7,10H,4-6,8H2,1-3H3. The number of carbonyl (C=O) groups excluding carboxylic acids is 1. The van der Waals surface area contributed by atoms with Gasteiger partial charge in [-0.25, -0.2) is 0 Å². The molecule has 3 nitrogen and oxygen atoms in total. The summed E-state index contributed by atoms with van der Waals surface area (Å²) in [6.45, 7) is 4.11. The van der Waals surface area contributed by atoms with Gasteiger partial charge in [0.15, 0.2) is 5.78 Å². The van der Waals surface area contributed by atoms with Crippen molar-refractivity contribution in [3.8, 4) is 0 Å². The monoisotopic (exact) mass is 253 g/mol. The summed E-state index contributed by atoms with van der Waals surface area (Å²) >= 11 is 0. The van der Waals surface area contributed by atoms with Crippen molar-refractivity contribution in [3.63, 3.8) is 0 Å². The number of carbonyl (C=O) groups is 1. The minimum absolute atomic E-state index is 0.204. The molecule has 17 heavy (non-hydrogen) atoms. The lowest BCUT2D eigenvalue weighted by Gasteiger charge is -2.21. The van der Waals surface area contributed by atoms with Crippen molar-refractivity contribution < 1.29 is 9.00 Å². The molecule has 2 unspecified atom stereocenters. The van der Waals surface area contributed by atoms with E-state index in [9.17, 15) is 9.00 Å². The Balaban J connectivity index is 2.40. The molecule has 94 valence electrons. The van der Waals surface area contributed by atoms with Gasteiger partial charge in [0, 0.05) is 52.2 Å². The Morgan fingerprint density at radius 2 is 2.18 bits per heavy atom. The molecule has 2 atom stereocenters. The average Bonchev–Trinajstić information content (AvgIpc) is 2.55. The van der Waals surface area contributed by atoms with E-state index < -0.39 is 10.8 Å². The number of ketones is 1. The quantitative estimate of drug-likeness (QED) is 0.829. The molecule has 0 spiro atoms. The molecule has 4 heteroatoms. The van der Waals surface area contributed by atoms with Gasteiger partial charge in [-0.1, -0.05) is 0 Å². The van der Waals surface area contributed by atoms with Gasteiger partial charge in [0.25, 0.3) is 0 Å². The molecule has 0 amide bonds. The number of hydrogen-bond donors (Lipinski definition) is 0. The first-order chi connectivity index (χ1) is 8.00. The maximum absolute atomic E-state index is 11.8. The maximum atomic E-state index is 11.8. The predicted molar refractivity (Wildman–Crippen MR) is 70.1 cm³/mol. The number of aryl methyl sites for hydroxylation is 1. The number of nitrogens with zero attached hydrogens (tertiary/aromatic N) is 1. The first-order valence-corrected chi connectivity index (χ1v) is 7.77. The molecule has 0 saturated heterocycles. The number of hydrogen-bond acceptors (Lipinski definition) is 2. The molecular formula is C13H19NO2S. The van der Waals surface area contributed by atoms with E-state index in [0.29, 0.717) is 12.2 Å². The highest BCUT2D eigenvalue weighted by Gasteiger charge is 2.24. The summed E-state index contributed by atoms with van der Waals surface area (Å²) in [5.41, 5.74) is 3.15. The van der Waals surface area contributed by atoms with E-state index in [-0.39, 0.29) is 11.8 Å². The lowest BCUT2D eigenvalue weighted by atomic mass is 9.96. The highest BCUT2D eigenvalue weighted by atomic mass is 32.2. The van der Waals surface area contributed by atoms with Crippen molar-refractivity contribution in [2.45, 2.75) is 39.2 Å². The smallest absolute Gasteiger partial charge is 0.164 e. The molecular weight excluding hydrogens is 234 g/mol. The van der Waals surface area contributed by atoms with E-state index >= 15 is 0 Å². The first kappa shape index (κ1) is 12.6. The fourth-order valence-corrected chi connectivity index (χ4v) is 3.61. The van der Waals surface area contributed by atoms with E-state index in [1.54, 1.807) is 6.26 Å². The number of aromatic nitrogens is 1. The van der Waals surface area contributed by atoms with Crippen molar-refractivity contribution in [1.29, 1.82) is 0 Å². The molecule has 0 radical (unpaired) electrons. The molecule has 1 aliphatic rings. The van der Waals surface area contributed by atoms with Crippen LogP contribution in [0.3, 0.4) is 0 Å². The minimum Gasteiger partial charge on any atom is -0.344 e. The largest absolute Gasteiger partial charge is 0.344 e. The number of rotatable bonds is 3. The van der Waals surface area contributed by atoms with Gasteiger partial charge >= 0.3 is 0 Å². The molecule has 0 saturated carbocycles. The third kappa shape index (κ3) is 2.37. The molecule has 1 heterocycles. The molecule has 0 aliphatic heterocycles. The van der Waals surface area contributed by atoms with Gasteiger partial charge in [-0.15, -0.1) is 0 Å². The van der Waals surface area contributed by atoms with Gasteiger partial charge in [-0.2, -0.15) is 0 Å². The third-order valence-electron chi connectivity index (χ3n) is 3.37. The SMILES string of the molecule is Cc1cc2c(n1C(C)CS(C)=O)CCCC2=O. The van der Waals surface area contributed by atoms with Crippen molar-refractivity contribution in [2.75, 3.05) is 12.0 Å². The lowest BCUT2D eigenvalue weighted by molar-refractivity contribution is 0.0971. The van der Waals surface area contributed by atoms with Crippen LogP contribution in [0.2, 0.25) is 0 Å². The fraction of sp³-hybridized carbons (Fsp3) is 0.615. The summed E-state index contributed by atoms with van der Waals surface area (Å²) in [7, 11) is -0.804. The Morgan fingerprint density at radius 3 is 2.82 bits per heavy atom. The molecule has 0 N–H and O–H groups in total. The Labute approximate surface area is 105 Å². The van der Waals surface area contributed by atoms with Crippen LogP contribution in [0.15, 0.2) is 6.07 Å². The second kappa shape index (κ2) is 4.77. The molecule has 0 fully saturated rings. The summed E-state index contributed by atoms with van der Waals surface area (Å²) in [6, 6.07) is 2.20. The Hall–Kier alpha value is -0.900. The summed E-state index contributed by atoms with van der Waals surface area (Å²) in [4.78, 5) is 11.8. The van der Waals surface area contributed by atoms with Crippen LogP contribution < -0.4 is 0 Å². The van der Waals surface area contributed by atoms with E-state index in [1.807, 2.05) is 13.0 Å².